The van der Waals surface area contributed by atoms with E-state index in [2.05, 4.69) is 15.4 Å². The number of likely N-dealkylation sites (tertiary alicyclic amines) is 1. The zero-order valence-corrected chi connectivity index (χ0v) is 17.7. The minimum Gasteiger partial charge on any atom is -0.406 e. The SMILES string of the molecule is CNC(=O)N1C[C@H](N(C(=O)NCc2ccc(OC(F)(F)F)cc2F)C2CC2)C[C@](C)(O)C1. The van der Waals surface area contributed by atoms with Crippen LogP contribution in [0.5, 0.6) is 5.75 Å². The molecule has 3 rings (SSSR count). The van der Waals surface area contributed by atoms with Crippen LogP contribution in [0, 0.1) is 5.82 Å². The van der Waals surface area contributed by atoms with Crippen molar-refractivity contribution in [1.82, 2.24) is 20.4 Å². The fourth-order valence-corrected chi connectivity index (χ4v) is 3.98. The van der Waals surface area contributed by atoms with Crippen molar-refractivity contribution in [2.75, 3.05) is 20.1 Å². The van der Waals surface area contributed by atoms with Gasteiger partial charge in [0.05, 0.1) is 18.2 Å². The van der Waals surface area contributed by atoms with Gasteiger partial charge in [-0.25, -0.2) is 14.0 Å². The van der Waals surface area contributed by atoms with Gasteiger partial charge in [0.2, 0.25) is 0 Å². The number of carbonyl (C=O) groups excluding carboxylic acids is 2. The Morgan fingerprint density at radius 3 is 2.56 bits per heavy atom. The average Bonchev–Trinajstić information content (AvgIpc) is 3.49. The highest BCUT2D eigenvalue weighted by molar-refractivity contribution is 5.76. The van der Waals surface area contributed by atoms with Gasteiger partial charge < -0.3 is 30.3 Å². The number of hydrogen-bond donors (Lipinski definition) is 3. The van der Waals surface area contributed by atoms with Gasteiger partial charge in [0.1, 0.15) is 11.6 Å². The van der Waals surface area contributed by atoms with Crippen molar-refractivity contribution >= 4 is 12.1 Å². The summed E-state index contributed by atoms with van der Waals surface area (Å²) >= 11 is 0. The van der Waals surface area contributed by atoms with E-state index >= 15 is 0 Å². The molecule has 32 heavy (non-hydrogen) atoms. The maximum Gasteiger partial charge on any atom is 0.573 e. The summed E-state index contributed by atoms with van der Waals surface area (Å²) in [5, 5.41) is 15.7. The van der Waals surface area contributed by atoms with Crippen LogP contribution in [-0.2, 0) is 6.54 Å². The molecule has 1 aliphatic carbocycles. The van der Waals surface area contributed by atoms with Crippen LogP contribution in [0.15, 0.2) is 18.2 Å². The Morgan fingerprint density at radius 2 is 2.00 bits per heavy atom. The van der Waals surface area contributed by atoms with Crippen LogP contribution in [0.3, 0.4) is 0 Å². The average molecular weight is 462 g/mol. The number of nitrogens with one attached hydrogen (secondary N) is 2. The molecule has 0 bridgehead atoms. The number of benzene rings is 1. The second-order valence-corrected chi connectivity index (χ2v) is 8.39. The topological polar surface area (TPSA) is 94.1 Å². The number of piperidine rings is 1. The van der Waals surface area contributed by atoms with E-state index in [1.165, 1.54) is 11.9 Å². The Bertz CT molecular complexity index is 860. The van der Waals surface area contributed by atoms with Crippen molar-refractivity contribution in [3.8, 4) is 5.75 Å². The van der Waals surface area contributed by atoms with E-state index in [-0.39, 0.29) is 43.7 Å². The zero-order chi connectivity index (χ0) is 23.7. The summed E-state index contributed by atoms with van der Waals surface area (Å²) < 4.78 is 54.7. The molecular formula is C20H26F4N4O4. The van der Waals surface area contributed by atoms with E-state index in [0.29, 0.717) is 6.07 Å². The van der Waals surface area contributed by atoms with Crippen LogP contribution < -0.4 is 15.4 Å². The van der Waals surface area contributed by atoms with Crippen LogP contribution >= 0.6 is 0 Å². The van der Waals surface area contributed by atoms with Crippen LogP contribution in [0.4, 0.5) is 27.2 Å². The standard InChI is InChI=1S/C20H26F4N4O4/c1-19(31)8-14(10-27(11-19)17(29)25-2)28(13-4-5-13)18(30)26-9-12-3-6-15(7-16(12)21)32-20(22,23)24/h3,6-7,13-14,31H,4-5,8-11H2,1-2H3,(H,25,29)(H,26,30)/t14-,19+/m1/s1. The summed E-state index contributed by atoms with van der Waals surface area (Å²) in [5.41, 5.74) is -1.20. The summed E-state index contributed by atoms with van der Waals surface area (Å²) in [7, 11) is 1.48. The molecule has 2 atom stereocenters. The molecule has 1 aromatic carbocycles. The third kappa shape index (κ3) is 6.15. The molecule has 2 aliphatic rings. The lowest BCUT2D eigenvalue weighted by Gasteiger charge is -2.45. The molecule has 1 heterocycles. The summed E-state index contributed by atoms with van der Waals surface area (Å²) in [6.07, 6.45) is -3.13. The molecule has 0 unspecified atom stereocenters. The quantitative estimate of drug-likeness (QED) is 0.587. The lowest BCUT2D eigenvalue weighted by atomic mass is 9.90. The molecule has 12 heteroatoms. The second kappa shape index (κ2) is 9.00. The van der Waals surface area contributed by atoms with E-state index in [4.69, 9.17) is 0 Å². The number of halogens is 4. The highest BCUT2D eigenvalue weighted by Crippen LogP contribution is 2.34. The Balaban J connectivity index is 1.68. The first-order valence-electron chi connectivity index (χ1n) is 10.2. The van der Waals surface area contributed by atoms with Gasteiger partial charge in [-0.3, -0.25) is 0 Å². The summed E-state index contributed by atoms with van der Waals surface area (Å²) in [4.78, 5) is 28.1. The van der Waals surface area contributed by atoms with Crippen molar-refractivity contribution < 1.29 is 37.0 Å². The summed E-state index contributed by atoms with van der Waals surface area (Å²) in [5.74, 6) is -1.64. The van der Waals surface area contributed by atoms with E-state index in [1.807, 2.05) is 0 Å². The molecule has 1 aliphatic heterocycles. The number of aliphatic hydroxyl groups is 1. The Morgan fingerprint density at radius 1 is 1.31 bits per heavy atom. The maximum atomic E-state index is 14.2. The van der Waals surface area contributed by atoms with Gasteiger partial charge in [-0.05, 0) is 32.3 Å². The minimum absolute atomic E-state index is 0.00810. The monoisotopic (exact) mass is 462 g/mol. The molecule has 0 spiro atoms. The predicted molar refractivity (Wildman–Crippen MR) is 105 cm³/mol. The van der Waals surface area contributed by atoms with Gasteiger partial charge in [0, 0.05) is 37.8 Å². The lowest BCUT2D eigenvalue weighted by molar-refractivity contribution is -0.274. The van der Waals surface area contributed by atoms with Crippen molar-refractivity contribution in [3.63, 3.8) is 0 Å². The molecule has 3 N–H and O–H groups in total. The fraction of sp³-hybridized carbons (Fsp3) is 0.600. The van der Waals surface area contributed by atoms with Gasteiger partial charge in [-0.2, -0.15) is 0 Å². The summed E-state index contributed by atoms with van der Waals surface area (Å²) in [6, 6.07) is 1.31. The smallest absolute Gasteiger partial charge is 0.406 e. The number of ether oxygens (including phenoxy) is 1. The second-order valence-electron chi connectivity index (χ2n) is 8.39. The number of β-amino-alcohol motifs (C(OH)–C–C–N with tert-alkyl or cyclic N) is 1. The maximum absolute atomic E-state index is 14.2. The van der Waals surface area contributed by atoms with Crippen molar-refractivity contribution in [2.45, 2.75) is 56.8 Å². The molecule has 1 saturated carbocycles. The summed E-state index contributed by atoms with van der Waals surface area (Å²) in [6.45, 7) is 1.71. The number of urea groups is 2. The number of amides is 4. The molecule has 8 nitrogen and oxygen atoms in total. The molecule has 1 saturated heterocycles. The fourth-order valence-electron chi connectivity index (χ4n) is 3.98. The van der Waals surface area contributed by atoms with Crippen molar-refractivity contribution in [2.24, 2.45) is 0 Å². The van der Waals surface area contributed by atoms with Gasteiger partial charge >= 0.3 is 18.4 Å². The van der Waals surface area contributed by atoms with Gasteiger partial charge in [0.15, 0.2) is 0 Å². The number of hydrogen-bond acceptors (Lipinski definition) is 4. The van der Waals surface area contributed by atoms with Gasteiger partial charge in [-0.1, -0.05) is 6.07 Å². The van der Waals surface area contributed by atoms with Crippen molar-refractivity contribution in [3.05, 3.63) is 29.6 Å². The predicted octanol–water partition coefficient (Wildman–Crippen LogP) is 2.56. The van der Waals surface area contributed by atoms with Crippen molar-refractivity contribution in [1.29, 1.82) is 0 Å². The third-order valence-corrected chi connectivity index (χ3v) is 5.40. The first-order chi connectivity index (χ1) is 14.9. The van der Waals surface area contributed by atoms with Gasteiger partial charge in [0.25, 0.3) is 0 Å². The van der Waals surface area contributed by atoms with Crippen LogP contribution in [0.1, 0.15) is 31.7 Å². The van der Waals surface area contributed by atoms with Crippen LogP contribution in [0.25, 0.3) is 0 Å². The molecule has 2 fully saturated rings. The molecule has 0 aromatic heterocycles. The normalized spacial score (nSPS) is 23.5. The van der Waals surface area contributed by atoms with E-state index in [1.54, 1.807) is 11.8 Å². The molecule has 1 aromatic rings. The highest BCUT2D eigenvalue weighted by Gasteiger charge is 2.44. The molecule has 178 valence electrons. The molecule has 0 radical (unpaired) electrons. The minimum atomic E-state index is -4.93. The lowest BCUT2D eigenvalue weighted by Crippen LogP contribution is -2.62. The third-order valence-electron chi connectivity index (χ3n) is 5.40. The molecular weight excluding hydrogens is 436 g/mol. The van der Waals surface area contributed by atoms with Crippen LogP contribution in [-0.4, -0.2) is 71.2 Å². The number of alkyl halides is 3. The Labute approximate surface area is 182 Å². The van der Waals surface area contributed by atoms with Crippen LogP contribution in [0.2, 0.25) is 0 Å². The van der Waals surface area contributed by atoms with E-state index in [0.717, 1.165) is 25.0 Å². The van der Waals surface area contributed by atoms with E-state index < -0.39 is 35.6 Å². The molecule has 4 amide bonds. The number of nitrogens with zero attached hydrogens (tertiary/aromatic N) is 2. The van der Waals surface area contributed by atoms with Gasteiger partial charge in [-0.15, -0.1) is 13.2 Å². The van der Waals surface area contributed by atoms with E-state index in [9.17, 15) is 32.3 Å². The first-order valence-corrected chi connectivity index (χ1v) is 10.2. The Hall–Kier alpha value is -2.76. The Kier molecular flexibility index (Phi) is 6.72. The highest BCUT2D eigenvalue weighted by atomic mass is 19.4. The zero-order valence-electron chi connectivity index (χ0n) is 17.7. The first kappa shape index (κ1) is 23.9. The number of rotatable bonds is 5. The number of carbonyl (C=O) groups is 2. The largest absolute Gasteiger partial charge is 0.573 e.